The van der Waals surface area contributed by atoms with Gasteiger partial charge in [0.1, 0.15) is 5.75 Å². The van der Waals surface area contributed by atoms with Crippen molar-refractivity contribution in [3.8, 4) is 5.75 Å². The predicted octanol–water partition coefficient (Wildman–Crippen LogP) is 3.94. The van der Waals surface area contributed by atoms with Crippen molar-refractivity contribution in [2.24, 2.45) is 4.99 Å². The van der Waals surface area contributed by atoms with Crippen molar-refractivity contribution in [3.63, 3.8) is 0 Å². The van der Waals surface area contributed by atoms with Crippen LogP contribution in [0, 0.1) is 0 Å². The topological polar surface area (TPSA) is 85.9 Å². The summed E-state index contributed by atoms with van der Waals surface area (Å²) in [5.74, 6) is 0.570. The molecule has 3 aromatic rings. The van der Waals surface area contributed by atoms with Crippen molar-refractivity contribution in [1.82, 2.24) is 9.71 Å². The lowest BCUT2D eigenvalue weighted by Gasteiger charge is -2.29. The van der Waals surface area contributed by atoms with Gasteiger partial charge in [-0.2, -0.15) is 4.73 Å². The quantitative estimate of drug-likeness (QED) is 0.272. The highest BCUT2D eigenvalue weighted by Crippen LogP contribution is 2.32. The monoisotopic (exact) mass is 449 g/mol. The first kappa shape index (κ1) is 24.0. The molecular formula is C26H31N3O4. The SMILES string of the molecule is CCOC(=O)CC(C)(Cc1ccc(OCCCN=c2ccccn2O)cc1)c1cccnc1. The van der Waals surface area contributed by atoms with Crippen molar-refractivity contribution in [3.05, 3.63) is 89.8 Å². The summed E-state index contributed by atoms with van der Waals surface area (Å²) in [6, 6.07) is 17.1. The number of ether oxygens (including phenoxy) is 2. The Bertz CT molecular complexity index is 1080. The van der Waals surface area contributed by atoms with Crippen LogP contribution in [0.25, 0.3) is 0 Å². The van der Waals surface area contributed by atoms with Gasteiger partial charge in [-0.3, -0.25) is 14.8 Å². The molecule has 1 N–H and O–H groups in total. The molecule has 1 aromatic carbocycles. The Labute approximate surface area is 194 Å². The first-order valence-electron chi connectivity index (χ1n) is 11.2. The standard InChI is InChI=1S/C26H31N3O4/c1-3-32-25(30)19-26(2,22-8-6-14-27-20-22)18-21-10-12-23(13-11-21)33-17-7-15-28-24-9-4-5-16-29(24)31/h4-6,8-14,16,20,31H,3,7,15,17-19H2,1-2H3. The van der Waals surface area contributed by atoms with E-state index in [1.807, 2.05) is 55.6 Å². The van der Waals surface area contributed by atoms with Crippen LogP contribution < -0.4 is 10.2 Å². The number of carbonyl (C=O) groups excluding carboxylic acids is 1. The third kappa shape index (κ3) is 7.20. The van der Waals surface area contributed by atoms with Crippen LogP contribution in [0.2, 0.25) is 0 Å². The van der Waals surface area contributed by atoms with Gasteiger partial charge < -0.3 is 14.7 Å². The first-order valence-corrected chi connectivity index (χ1v) is 11.2. The van der Waals surface area contributed by atoms with Crippen LogP contribution in [0.1, 0.15) is 37.8 Å². The van der Waals surface area contributed by atoms with Crippen LogP contribution in [0.5, 0.6) is 5.75 Å². The number of benzene rings is 1. The molecule has 0 aliphatic rings. The van der Waals surface area contributed by atoms with Gasteiger partial charge in [-0.1, -0.05) is 31.2 Å². The fourth-order valence-electron chi connectivity index (χ4n) is 3.67. The third-order valence-corrected chi connectivity index (χ3v) is 5.38. The van der Waals surface area contributed by atoms with E-state index in [9.17, 15) is 10.0 Å². The molecule has 0 radical (unpaired) electrons. The molecule has 0 bridgehead atoms. The molecule has 3 rings (SSSR count). The number of pyridine rings is 2. The van der Waals surface area contributed by atoms with Gasteiger partial charge in [-0.25, -0.2) is 0 Å². The Morgan fingerprint density at radius 2 is 1.97 bits per heavy atom. The summed E-state index contributed by atoms with van der Waals surface area (Å²) in [6.07, 6.45) is 6.78. The second-order valence-electron chi connectivity index (χ2n) is 8.09. The maximum Gasteiger partial charge on any atom is 0.306 e. The van der Waals surface area contributed by atoms with Crippen LogP contribution in [-0.2, 0) is 21.4 Å². The molecule has 1 atom stereocenters. The van der Waals surface area contributed by atoms with Crippen LogP contribution in [-0.4, -0.2) is 40.6 Å². The van der Waals surface area contributed by atoms with E-state index in [-0.39, 0.29) is 12.4 Å². The zero-order valence-electron chi connectivity index (χ0n) is 19.2. The average Bonchev–Trinajstić information content (AvgIpc) is 2.82. The summed E-state index contributed by atoms with van der Waals surface area (Å²) in [5.41, 5.74) is 2.20. The molecule has 0 amide bonds. The minimum atomic E-state index is -0.425. The fourth-order valence-corrected chi connectivity index (χ4v) is 3.67. The predicted molar refractivity (Wildman–Crippen MR) is 125 cm³/mol. The van der Waals surface area contributed by atoms with Gasteiger partial charge in [0.2, 0.25) is 0 Å². The average molecular weight is 450 g/mol. The van der Waals surface area contributed by atoms with Crippen molar-refractivity contribution in [2.75, 3.05) is 19.8 Å². The molecule has 0 fully saturated rings. The molecule has 33 heavy (non-hydrogen) atoms. The summed E-state index contributed by atoms with van der Waals surface area (Å²) in [5, 5.41) is 9.66. The molecule has 0 saturated heterocycles. The fraction of sp³-hybridized carbons (Fsp3) is 0.346. The van der Waals surface area contributed by atoms with Crippen molar-refractivity contribution < 1.29 is 19.5 Å². The number of aromatic nitrogens is 2. The molecule has 7 nitrogen and oxygen atoms in total. The number of hydrogen-bond acceptors (Lipinski definition) is 6. The van der Waals surface area contributed by atoms with Gasteiger partial charge in [-0.15, -0.1) is 0 Å². The minimum Gasteiger partial charge on any atom is -0.494 e. The zero-order valence-corrected chi connectivity index (χ0v) is 19.2. The second-order valence-corrected chi connectivity index (χ2v) is 8.09. The van der Waals surface area contributed by atoms with E-state index in [0.29, 0.717) is 31.7 Å². The zero-order chi connectivity index (χ0) is 23.5. The number of esters is 1. The lowest BCUT2D eigenvalue weighted by atomic mass is 9.75. The van der Waals surface area contributed by atoms with Crippen LogP contribution in [0.15, 0.2) is 78.2 Å². The summed E-state index contributed by atoms with van der Waals surface area (Å²) < 4.78 is 12.0. The normalized spacial score (nSPS) is 13.3. The van der Waals surface area contributed by atoms with Crippen LogP contribution in [0.4, 0.5) is 0 Å². The van der Waals surface area contributed by atoms with E-state index < -0.39 is 5.41 Å². The molecule has 0 aliphatic heterocycles. The second kappa shape index (κ2) is 11.9. The van der Waals surface area contributed by atoms with E-state index in [0.717, 1.165) is 28.0 Å². The molecule has 174 valence electrons. The molecule has 0 saturated carbocycles. The van der Waals surface area contributed by atoms with Crippen molar-refractivity contribution in [2.45, 2.75) is 38.5 Å². The third-order valence-electron chi connectivity index (χ3n) is 5.38. The maximum atomic E-state index is 12.3. The van der Waals surface area contributed by atoms with E-state index in [1.54, 1.807) is 24.5 Å². The first-order chi connectivity index (χ1) is 16.0. The summed E-state index contributed by atoms with van der Waals surface area (Å²) in [7, 11) is 0. The van der Waals surface area contributed by atoms with Crippen molar-refractivity contribution in [1.29, 1.82) is 0 Å². The molecule has 2 heterocycles. The highest BCUT2D eigenvalue weighted by molar-refractivity contribution is 5.71. The van der Waals surface area contributed by atoms with Gasteiger partial charge in [-0.05, 0) is 54.8 Å². The molecule has 7 heteroatoms. The van der Waals surface area contributed by atoms with Crippen molar-refractivity contribution >= 4 is 5.97 Å². The molecule has 1 unspecified atom stereocenters. The highest BCUT2D eigenvalue weighted by atomic mass is 16.5. The van der Waals surface area contributed by atoms with E-state index >= 15 is 0 Å². The van der Waals surface area contributed by atoms with E-state index in [2.05, 4.69) is 16.9 Å². The number of nitrogens with zero attached hydrogens (tertiary/aromatic N) is 3. The lowest BCUT2D eigenvalue weighted by molar-refractivity contribution is -0.144. The van der Waals surface area contributed by atoms with Gasteiger partial charge in [0.25, 0.3) is 0 Å². The van der Waals surface area contributed by atoms with Crippen LogP contribution >= 0.6 is 0 Å². The molecule has 0 spiro atoms. The summed E-state index contributed by atoms with van der Waals surface area (Å²) >= 11 is 0. The van der Waals surface area contributed by atoms with E-state index in [4.69, 9.17) is 9.47 Å². The number of rotatable bonds is 11. The van der Waals surface area contributed by atoms with Crippen LogP contribution in [0.3, 0.4) is 0 Å². The van der Waals surface area contributed by atoms with Gasteiger partial charge in [0.05, 0.1) is 19.6 Å². The Hall–Kier alpha value is -3.61. The Balaban J connectivity index is 1.58. The smallest absolute Gasteiger partial charge is 0.306 e. The highest BCUT2D eigenvalue weighted by Gasteiger charge is 2.31. The van der Waals surface area contributed by atoms with E-state index in [1.165, 1.54) is 0 Å². The van der Waals surface area contributed by atoms with Gasteiger partial charge >= 0.3 is 5.97 Å². The maximum absolute atomic E-state index is 12.3. The van der Waals surface area contributed by atoms with Gasteiger partial charge in [0, 0.05) is 37.0 Å². The molecule has 2 aromatic heterocycles. The summed E-state index contributed by atoms with van der Waals surface area (Å²) in [4.78, 5) is 20.9. The Morgan fingerprint density at radius 3 is 2.67 bits per heavy atom. The van der Waals surface area contributed by atoms with Gasteiger partial charge in [0.15, 0.2) is 5.49 Å². The summed E-state index contributed by atoms with van der Waals surface area (Å²) in [6.45, 7) is 5.33. The number of hydrogen-bond donors (Lipinski definition) is 1. The Kier molecular flexibility index (Phi) is 8.63. The lowest BCUT2D eigenvalue weighted by Crippen LogP contribution is -2.29. The Morgan fingerprint density at radius 1 is 1.15 bits per heavy atom. The largest absolute Gasteiger partial charge is 0.494 e. The molecular weight excluding hydrogens is 418 g/mol. The number of carbonyl (C=O) groups is 1. The minimum absolute atomic E-state index is 0.212. The molecule has 0 aliphatic carbocycles.